The van der Waals surface area contributed by atoms with Crippen LogP contribution in [0.15, 0.2) is 24.3 Å². The third kappa shape index (κ3) is 1.90. The fourth-order valence-corrected chi connectivity index (χ4v) is 1.69. The number of carbonyl (C=O) groups excluding carboxylic acids is 1. The third-order valence-electron chi connectivity index (χ3n) is 2.15. The summed E-state index contributed by atoms with van der Waals surface area (Å²) >= 11 is 3.27. The first-order valence-electron chi connectivity index (χ1n) is 4.66. The minimum absolute atomic E-state index is 0.308. The lowest BCUT2D eigenvalue weighted by Gasteiger charge is -2.05. The van der Waals surface area contributed by atoms with Crippen molar-refractivity contribution in [1.82, 2.24) is 9.97 Å². The van der Waals surface area contributed by atoms with Crippen molar-refractivity contribution in [3.63, 3.8) is 0 Å². The van der Waals surface area contributed by atoms with E-state index in [-0.39, 0.29) is 0 Å². The van der Waals surface area contributed by atoms with Crippen LogP contribution in [0.5, 0.6) is 0 Å². The minimum atomic E-state index is -0.444. The van der Waals surface area contributed by atoms with Gasteiger partial charge in [0.1, 0.15) is 5.82 Å². The zero-order valence-electron chi connectivity index (χ0n) is 8.61. The van der Waals surface area contributed by atoms with Gasteiger partial charge < -0.3 is 4.74 Å². The Hall–Kier alpha value is -1.49. The molecule has 0 unspecified atom stereocenters. The summed E-state index contributed by atoms with van der Waals surface area (Å²) in [5.41, 5.74) is 1.05. The molecule has 1 aromatic carbocycles. The molecule has 0 saturated heterocycles. The van der Waals surface area contributed by atoms with Crippen LogP contribution in [0.3, 0.4) is 0 Å². The van der Waals surface area contributed by atoms with Crippen molar-refractivity contribution >= 4 is 32.8 Å². The van der Waals surface area contributed by atoms with E-state index in [1.165, 1.54) is 7.11 Å². The van der Waals surface area contributed by atoms with E-state index < -0.39 is 5.97 Å². The Labute approximate surface area is 101 Å². The SMILES string of the molecule is COC(=O)c1nc(CBr)nc2ccccc12. The van der Waals surface area contributed by atoms with Crippen LogP contribution in [0, 0.1) is 0 Å². The Morgan fingerprint density at radius 3 is 2.81 bits per heavy atom. The molecule has 0 fully saturated rings. The van der Waals surface area contributed by atoms with Crippen LogP contribution in [-0.4, -0.2) is 23.0 Å². The second-order valence-corrected chi connectivity index (χ2v) is 3.69. The second-order valence-electron chi connectivity index (χ2n) is 3.13. The van der Waals surface area contributed by atoms with Crippen LogP contribution < -0.4 is 0 Å². The van der Waals surface area contributed by atoms with Gasteiger partial charge in [-0.05, 0) is 6.07 Å². The molecular formula is C11H9BrN2O2. The first kappa shape index (κ1) is 11.0. The van der Waals surface area contributed by atoms with E-state index in [0.717, 1.165) is 5.52 Å². The average molecular weight is 281 g/mol. The van der Waals surface area contributed by atoms with Crippen molar-refractivity contribution in [2.45, 2.75) is 5.33 Å². The van der Waals surface area contributed by atoms with Crippen molar-refractivity contribution < 1.29 is 9.53 Å². The third-order valence-corrected chi connectivity index (χ3v) is 2.65. The summed E-state index contributed by atoms with van der Waals surface area (Å²) < 4.78 is 4.70. The molecule has 0 aliphatic carbocycles. The topological polar surface area (TPSA) is 52.1 Å². The van der Waals surface area contributed by atoms with Gasteiger partial charge in [0.15, 0.2) is 5.69 Å². The Morgan fingerprint density at radius 2 is 2.12 bits per heavy atom. The fourth-order valence-electron chi connectivity index (χ4n) is 1.44. The highest BCUT2D eigenvalue weighted by Crippen LogP contribution is 2.17. The number of benzene rings is 1. The number of nitrogens with zero attached hydrogens (tertiary/aromatic N) is 2. The van der Waals surface area contributed by atoms with Crippen molar-refractivity contribution in [1.29, 1.82) is 0 Å². The fraction of sp³-hybridized carbons (Fsp3) is 0.182. The molecule has 0 aliphatic rings. The normalized spacial score (nSPS) is 10.4. The zero-order chi connectivity index (χ0) is 11.5. The van der Waals surface area contributed by atoms with E-state index in [0.29, 0.717) is 22.2 Å². The molecule has 1 heterocycles. The number of fused-ring (bicyclic) bond motifs is 1. The first-order valence-corrected chi connectivity index (χ1v) is 5.78. The summed E-state index contributed by atoms with van der Waals surface area (Å²) in [6.07, 6.45) is 0. The Bertz CT molecular complexity index is 542. The van der Waals surface area contributed by atoms with Crippen LogP contribution in [0.1, 0.15) is 16.3 Å². The number of aromatic nitrogens is 2. The van der Waals surface area contributed by atoms with E-state index in [9.17, 15) is 4.79 Å². The molecule has 0 N–H and O–H groups in total. The average Bonchev–Trinajstić information content (AvgIpc) is 2.36. The summed E-state index contributed by atoms with van der Waals surface area (Å²) in [6.45, 7) is 0. The summed E-state index contributed by atoms with van der Waals surface area (Å²) in [5, 5.41) is 1.21. The second kappa shape index (κ2) is 4.57. The molecule has 0 amide bonds. The van der Waals surface area contributed by atoms with Gasteiger partial charge in [-0.25, -0.2) is 14.8 Å². The smallest absolute Gasteiger partial charge is 0.357 e. The number of methoxy groups -OCH3 is 1. The number of hydrogen-bond donors (Lipinski definition) is 0. The molecule has 0 saturated carbocycles. The monoisotopic (exact) mass is 280 g/mol. The molecule has 4 nitrogen and oxygen atoms in total. The lowest BCUT2D eigenvalue weighted by Crippen LogP contribution is -2.08. The van der Waals surface area contributed by atoms with E-state index >= 15 is 0 Å². The Morgan fingerprint density at radius 1 is 1.38 bits per heavy atom. The molecular weight excluding hydrogens is 272 g/mol. The highest BCUT2D eigenvalue weighted by atomic mass is 79.9. The minimum Gasteiger partial charge on any atom is -0.464 e. The maximum absolute atomic E-state index is 11.6. The van der Waals surface area contributed by atoms with Crippen LogP contribution in [0.4, 0.5) is 0 Å². The number of esters is 1. The van der Waals surface area contributed by atoms with Gasteiger partial charge in [0.2, 0.25) is 0 Å². The van der Waals surface area contributed by atoms with Gasteiger partial charge in [0.05, 0.1) is 18.0 Å². The highest BCUT2D eigenvalue weighted by molar-refractivity contribution is 9.08. The molecule has 1 aromatic heterocycles. The van der Waals surface area contributed by atoms with Crippen LogP contribution in [-0.2, 0) is 10.1 Å². The standard InChI is InChI=1S/C11H9BrN2O2/c1-16-11(15)10-7-4-2-3-5-8(7)13-9(6-12)14-10/h2-5H,6H2,1H3. The summed E-state index contributed by atoms with van der Waals surface area (Å²) in [6, 6.07) is 7.36. The van der Waals surface area contributed by atoms with Crippen LogP contribution in [0.25, 0.3) is 10.9 Å². The lowest BCUT2D eigenvalue weighted by molar-refractivity contribution is 0.0596. The van der Waals surface area contributed by atoms with E-state index in [1.54, 1.807) is 6.07 Å². The largest absolute Gasteiger partial charge is 0.464 e. The van der Waals surface area contributed by atoms with Crippen molar-refractivity contribution in [2.24, 2.45) is 0 Å². The molecule has 5 heteroatoms. The molecule has 2 rings (SSSR count). The molecule has 0 radical (unpaired) electrons. The molecule has 0 spiro atoms. The number of para-hydroxylation sites is 1. The van der Waals surface area contributed by atoms with E-state index in [2.05, 4.69) is 25.9 Å². The maximum Gasteiger partial charge on any atom is 0.357 e. The predicted molar refractivity (Wildman–Crippen MR) is 63.5 cm³/mol. The quantitative estimate of drug-likeness (QED) is 0.626. The molecule has 16 heavy (non-hydrogen) atoms. The first-order chi connectivity index (χ1) is 7.76. The van der Waals surface area contributed by atoms with E-state index in [1.807, 2.05) is 18.2 Å². The zero-order valence-corrected chi connectivity index (χ0v) is 10.2. The maximum atomic E-state index is 11.6. The number of rotatable bonds is 2. The summed E-state index contributed by atoms with van der Waals surface area (Å²) in [5.74, 6) is 0.125. The van der Waals surface area contributed by atoms with Gasteiger partial charge >= 0.3 is 5.97 Å². The van der Waals surface area contributed by atoms with Gasteiger partial charge in [-0.3, -0.25) is 0 Å². The van der Waals surface area contributed by atoms with Crippen molar-refractivity contribution in [3.05, 3.63) is 35.8 Å². The molecule has 0 atom stereocenters. The number of halogens is 1. The molecule has 2 aromatic rings. The summed E-state index contributed by atoms with van der Waals surface area (Å²) in [4.78, 5) is 20.0. The molecule has 0 aliphatic heterocycles. The van der Waals surface area contributed by atoms with Gasteiger partial charge in [0.25, 0.3) is 0 Å². The van der Waals surface area contributed by atoms with Gasteiger partial charge in [-0.2, -0.15) is 0 Å². The van der Waals surface area contributed by atoms with E-state index in [4.69, 9.17) is 4.74 Å². The Kier molecular flexibility index (Phi) is 3.14. The summed E-state index contributed by atoms with van der Waals surface area (Å²) in [7, 11) is 1.34. The van der Waals surface area contributed by atoms with Crippen LogP contribution in [0.2, 0.25) is 0 Å². The van der Waals surface area contributed by atoms with Crippen LogP contribution >= 0.6 is 15.9 Å². The molecule has 82 valence electrons. The highest BCUT2D eigenvalue weighted by Gasteiger charge is 2.14. The lowest BCUT2D eigenvalue weighted by atomic mass is 10.2. The van der Waals surface area contributed by atoms with Crippen molar-refractivity contribution in [2.75, 3.05) is 7.11 Å². The van der Waals surface area contributed by atoms with Gasteiger partial charge in [-0.1, -0.05) is 34.1 Å². The number of carbonyl (C=O) groups is 1. The predicted octanol–water partition coefficient (Wildman–Crippen LogP) is 2.31. The molecule has 0 bridgehead atoms. The number of alkyl halides is 1. The number of hydrogen-bond acceptors (Lipinski definition) is 4. The van der Waals surface area contributed by atoms with Crippen molar-refractivity contribution in [3.8, 4) is 0 Å². The number of ether oxygens (including phenoxy) is 1. The Balaban J connectivity index is 2.73. The van der Waals surface area contributed by atoms with Gasteiger partial charge in [-0.15, -0.1) is 0 Å². The van der Waals surface area contributed by atoms with Gasteiger partial charge in [0, 0.05) is 5.39 Å².